The predicted molar refractivity (Wildman–Crippen MR) is 65.3 cm³/mol. The lowest BCUT2D eigenvalue weighted by Crippen LogP contribution is -2.14. The fourth-order valence-corrected chi connectivity index (χ4v) is 2.03. The Morgan fingerprint density at radius 2 is 2.00 bits per heavy atom. The highest BCUT2D eigenvalue weighted by molar-refractivity contribution is 14.1. The molecule has 0 aliphatic rings. The third kappa shape index (κ3) is 3.34. The van der Waals surface area contributed by atoms with Crippen molar-refractivity contribution in [2.45, 2.75) is 20.0 Å². The molecule has 0 unspecified atom stereocenters. The van der Waals surface area contributed by atoms with Crippen LogP contribution in [0.5, 0.6) is 5.75 Å². The topological polar surface area (TPSA) is 26.3 Å². The Hall–Kier alpha value is -0.790. The first-order valence-corrected chi connectivity index (χ1v) is 5.89. The highest BCUT2D eigenvalue weighted by atomic mass is 127. The van der Waals surface area contributed by atoms with E-state index in [-0.39, 0.29) is 12.4 Å². The summed E-state index contributed by atoms with van der Waals surface area (Å²) in [6.45, 7) is 2.95. The minimum absolute atomic E-state index is 0.0146. The van der Waals surface area contributed by atoms with Gasteiger partial charge in [0.15, 0.2) is 5.78 Å². The van der Waals surface area contributed by atoms with Crippen molar-refractivity contribution in [2.75, 3.05) is 6.61 Å². The zero-order valence-corrected chi connectivity index (χ0v) is 11.3. The first-order chi connectivity index (χ1) is 7.77. The number of hydrogen-bond donors (Lipinski definition) is 0. The maximum atomic E-state index is 12.8. The van der Waals surface area contributed by atoms with E-state index in [1.54, 1.807) is 29.5 Å². The van der Waals surface area contributed by atoms with Crippen LogP contribution in [0.25, 0.3) is 0 Å². The Morgan fingerprint density at radius 3 is 2.41 bits per heavy atom. The summed E-state index contributed by atoms with van der Waals surface area (Å²) in [5.41, 5.74) is -1.35. The van der Waals surface area contributed by atoms with E-state index >= 15 is 0 Å². The molecule has 0 saturated carbocycles. The summed E-state index contributed by atoms with van der Waals surface area (Å²) in [6.07, 6.45) is -4.56. The molecule has 0 fully saturated rings. The van der Waals surface area contributed by atoms with Gasteiger partial charge in [-0.1, -0.05) is 0 Å². The normalized spacial score (nSPS) is 11.4. The van der Waals surface area contributed by atoms with E-state index in [1.165, 1.54) is 6.07 Å². The first-order valence-electron chi connectivity index (χ1n) is 4.81. The average Bonchev–Trinajstić information content (AvgIpc) is 2.15. The zero-order chi connectivity index (χ0) is 13.2. The molecule has 94 valence electrons. The Morgan fingerprint density at radius 1 is 1.41 bits per heavy atom. The van der Waals surface area contributed by atoms with Gasteiger partial charge in [0.2, 0.25) is 0 Å². The lowest BCUT2D eigenvalue weighted by atomic mass is 10.0. The summed E-state index contributed by atoms with van der Waals surface area (Å²) in [6, 6.07) is 2.37. The Kier molecular flexibility index (Phi) is 4.40. The highest BCUT2D eigenvalue weighted by Crippen LogP contribution is 2.37. The number of carbonyl (C=O) groups is 1. The molecule has 1 aromatic carbocycles. The van der Waals surface area contributed by atoms with Crippen LogP contribution < -0.4 is 4.74 Å². The molecule has 0 heterocycles. The molecular formula is C11H10F3IO2. The number of hydrogen-bond acceptors (Lipinski definition) is 2. The van der Waals surface area contributed by atoms with Crippen molar-refractivity contribution in [1.82, 2.24) is 0 Å². The smallest absolute Gasteiger partial charge is 0.417 e. The van der Waals surface area contributed by atoms with Crippen LogP contribution in [0.2, 0.25) is 0 Å². The van der Waals surface area contributed by atoms with Crippen LogP contribution in [0.3, 0.4) is 0 Å². The third-order valence-corrected chi connectivity index (χ3v) is 2.65. The number of Topliss-reactive ketones (excluding diaryl/α,β-unsaturated/α-hetero) is 1. The Labute approximate surface area is 110 Å². The molecule has 2 nitrogen and oxygen atoms in total. The fraction of sp³-hybridized carbons (Fsp3) is 0.364. The van der Waals surface area contributed by atoms with Gasteiger partial charge >= 0.3 is 6.18 Å². The standard InChI is InChI=1S/C11H10F3IO2/c1-3-17-9-5-7(15)4-8(11(12,13)14)10(9)6(2)16/h4-5H,3H2,1-2H3. The van der Waals surface area contributed by atoms with E-state index in [0.717, 1.165) is 13.0 Å². The number of carbonyl (C=O) groups excluding carboxylic acids is 1. The molecule has 6 heteroatoms. The number of ether oxygens (including phenoxy) is 1. The maximum absolute atomic E-state index is 12.8. The number of benzene rings is 1. The van der Waals surface area contributed by atoms with Crippen molar-refractivity contribution in [3.63, 3.8) is 0 Å². The molecule has 1 aromatic rings. The van der Waals surface area contributed by atoms with E-state index in [4.69, 9.17) is 4.74 Å². The summed E-state index contributed by atoms with van der Waals surface area (Å²) in [4.78, 5) is 11.3. The number of alkyl halides is 3. The molecular weight excluding hydrogens is 348 g/mol. The quantitative estimate of drug-likeness (QED) is 0.605. The van der Waals surface area contributed by atoms with E-state index in [2.05, 4.69) is 0 Å². The Balaban J connectivity index is 3.52. The minimum Gasteiger partial charge on any atom is -0.493 e. The largest absolute Gasteiger partial charge is 0.493 e. The fourth-order valence-electron chi connectivity index (χ4n) is 1.44. The first kappa shape index (κ1) is 14.3. The monoisotopic (exact) mass is 358 g/mol. The molecule has 0 aliphatic carbocycles. The molecule has 0 radical (unpaired) electrons. The van der Waals surface area contributed by atoms with Crippen LogP contribution in [0, 0.1) is 3.57 Å². The molecule has 0 bridgehead atoms. The van der Waals surface area contributed by atoms with Crippen molar-refractivity contribution >= 4 is 28.4 Å². The molecule has 0 aromatic heterocycles. The molecule has 0 spiro atoms. The van der Waals surface area contributed by atoms with Crippen LogP contribution >= 0.6 is 22.6 Å². The molecule has 0 saturated heterocycles. The van der Waals surface area contributed by atoms with E-state index in [9.17, 15) is 18.0 Å². The van der Waals surface area contributed by atoms with Crippen molar-refractivity contribution < 1.29 is 22.7 Å². The number of halogens is 4. The second kappa shape index (κ2) is 5.24. The third-order valence-electron chi connectivity index (χ3n) is 2.02. The van der Waals surface area contributed by atoms with Crippen molar-refractivity contribution in [2.24, 2.45) is 0 Å². The van der Waals surface area contributed by atoms with Crippen LogP contribution in [0.1, 0.15) is 29.8 Å². The summed E-state index contributed by atoms with van der Waals surface area (Å²) in [7, 11) is 0. The maximum Gasteiger partial charge on any atom is 0.417 e. The van der Waals surface area contributed by atoms with Gasteiger partial charge in [-0.3, -0.25) is 4.79 Å². The molecule has 17 heavy (non-hydrogen) atoms. The zero-order valence-electron chi connectivity index (χ0n) is 9.19. The average molecular weight is 358 g/mol. The second-order valence-corrected chi connectivity index (χ2v) is 4.56. The lowest BCUT2D eigenvalue weighted by Gasteiger charge is -2.15. The minimum atomic E-state index is -4.56. The van der Waals surface area contributed by atoms with Crippen LogP contribution in [0.4, 0.5) is 13.2 Å². The van der Waals surface area contributed by atoms with Crippen LogP contribution in [-0.4, -0.2) is 12.4 Å². The van der Waals surface area contributed by atoms with Crippen molar-refractivity contribution in [1.29, 1.82) is 0 Å². The molecule has 0 N–H and O–H groups in total. The van der Waals surface area contributed by atoms with Gasteiger partial charge in [0.1, 0.15) is 5.75 Å². The highest BCUT2D eigenvalue weighted by Gasteiger charge is 2.36. The predicted octanol–water partition coefficient (Wildman–Crippen LogP) is 3.91. The number of rotatable bonds is 3. The summed E-state index contributed by atoms with van der Waals surface area (Å²) < 4.78 is 43.9. The summed E-state index contributed by atoms with van der Waals surface area (Å²) in [5.74, 6) is -0.670. The summed E-state index contributed by atoms with van der Waals surface area (Å²) in [5, 5.41) is 0. The van der Waals surface area contributed by atoms with E-state index in [0.29, 0.717) is 3.57 Å². The van der Waals surface area contributed by atoms with E-state index in [1.807, 2.05) is 0 Å². The summed E-state index contributed by atoms with van der Waals surface area (Å²) >= 11 is 1.76. The molecule has 0 amide bonds. The molecule has 1 rings (SSSR count). The Bertz CT molecular complexity index is 441. The van der Waals surface area contributed by atoms with Gasteiger partial charge in [-0.05, 0) is 48.6 Å². The van der Waals surface area contributed by atoms with Gasteiger partial charge in [0.25, 0.3) is 0 Å². The van der Waals surface area contributed by atoms with Gasteiger partial charge < -0.3 is 4.74 Å². The second-order valence-electron chi connectivity index (χ2n) is 3.31. The van der Waals surface area contributed by atoms with Gasteiger partial charge in [-0.25, -0.2) is 0 Å². The van der Waals surface area contributed by atoms with Gasteiger partial charge in [-0.2, -0.15) is 13.2 Å². The SMILES string of the molecule is CCOc1cc(I)cc(C(F)(F)F)c1C(C)=O. The van der Waals surface area contributed by atoms with Crippen LogP contribution in [-0.2, 0) is 6.18 Å². The van der Waals surface area contributed by atoms with Gasteiger partial charge in [0, 0.05) is 3.57 Å². The molecule has 0 atom stereocenters. The van der Waals surface area contributed by atoms with Crippen LogP contribution in [0.15, 0.2) is 12.1 Å². The lowest BCUT2D eigenvalue weighted by molar-refractivity contribution is -0.138. The van der Waals surface area contributed by atoms with E-state index < -0.39 is 23.1 Å². The van der Waals surface area contributed by atoms with Gasteiger partial charge in [-0.15, -0.1) is 0 Å². The van der Waals surface area contributed by atoms with Crippen molar-refractivity contribution in [3.05, 3.63) is 26.8 Å². The number of ketones is 1. The molecule has 0 aliphatic heterocycles. The van der Waals surface area contributed by atoms with Crippen molar-refractivity contribution in [3.8, 4) is 5.75 Å². The van der Waals surface area contributed by atoms with Gasteiger partial charge in [0.05, 0.1) is 17.7 Å².